The summed E-state index contributed by atoms with van der Waals surface area (Å²) in [6, 6.07) is 15.9. The van der Waals surface area contributed by atoms with Gasteiger partial charge in [0.25, 0.3) is 0 Å². The Labute approximate surface area is 174 Å². The van der Waals surface area contributed by atoms with Gasteiger partial charge in [0.1, 0.15) is 5.82 Å². The van der Waals surface area contributed by atoms with Gasteiger partial charge >= 0.3 is 6.18 Å². The maximum Gasteiger partial charge on any atom is 0.416 e. The van der Waals surface area contributed by atoms with E-state index >= 15 is 0 Å². The van der Waals surface area contributed by atoms with E-state index in [4.69, 9.17) is 0 Å². The van der Waals surface area contributed by atoms with E-state index in [0.717, 1.165) is 23.9 Å². The summed E-state index contributed by atoms with van der Waals surface area (Å²) >= 11 is 0. The van der Waals surface area contributed by atoms with Crippen LogP contribution in [0.4, 0.5) is 17.6 Å². The third-order valence-corrected chi connectivity index (χ3v) is 4.86. The average Bonchev–Trinajstić information content (AvgIpc) is 3.09. The molecule has 3 aromatic rings. The molecule has 0 spiro atoms. The number of aromatic nitrogens is 1. The molecule has 0 aliphatic heterocycles. The molecule has 0 radical (unpaired) electrons. The Hall–Kier alpha value is -2.60. The number of alkyl halides is 3. The van der Waals surface area contributed by atoms with E-state index in [1.807, 2.05) is 18.3 Å². The van der Waals surface area contributed by atoms with Gasteiger partial charge in [0.15, 0.2) is 0 Å². The summed E-state index contributed by atoms with van der Waals surface area (Å²) in [5.41, 5.74) is 2.07. The van der Waals surface area contributed by atoms with Crippen molar-refractivity contribution in [3.05, 3.63) is 95.1 Å². The number of hydrogen-bond donors (Lipinski definition) is 0. The van der Waals surface area contributed by atoms with Crippen LogP contribution in [0.25, 0.3) is 0 Å². The van der Waals surface area contributed by atoms with E-state index in [1.54, 1.807) is 18.2 Å². The topological polar surface area (TPSA) is 8.17 Å². The second-order valence-corrected chi connectivity index (χ2v) is 8.02. The molecule has 2 aromatic carbocycles. The van der Waals surface area contributed by atoms with Crippen molar-refractivity contribution in [2.75, 3.05) is 6.54 Å². The summed E-state index contributed by atoms with van der Waals surface area (Å²) in [4.78, 5) is 2.16. The van der Waals surface area contributed by atoms with E-state index < -0.39 is 11.7 Å². The molecule has 0 fully saturated rings. The molecule has 30 heavy (non-hydrogen) atoms. The molecule has 2 nitrogen and oxygen atoms in total. The summed E-state index contributed by atoms with van der Waals surface area (Å²) in [7, 11) is 0. The summed E-state index contributed by atoms with van der Waals surface area (Å²) in [6.07, 6.45) is -2.38. The van der Waals surface area contributed by atoms with Crippen molar-refractivity contribution in [1.82, 2.24) is 9.47 Å². The van der Waals surface area contributed by atoms with Crippen LogP contribution < -0.4 is 0 Å². The predicted molar refractivity (Wildman–Crippen MR) is 110 cm³/mol. The highest BCUT2D eigenvalue weighted by Gasteiger charge is 2.30. The Balaban J connectivity index is 1.76. The fraction of sp³-hybridized carbons (Fsp3) is 0.333. The van der Waals surface area contributed by atoms with Crippen LogP contribution in [0.3, 0.4) is 0 Å². The van der Waals surface area contributed by atoms with Crippen LogP contribution in [0.1, 0.15) is 36.2 Å². The molecule has 0 aliphatic rings. The van der Waals surface area contributed by atoms with E-state index in [1.165, 1.54) is 24.3 Å². The highest BCUT2D eigenvalue weighted by molar-refractivity contribution is 5.26. The molecule has 0 saturated carbocycles. The minimum Gasteiger partial charge on any atom is -0.346 e. The standard InChI is InChI=1S/C24H26F4N2/c1-18(2)14-29(15-20-5-3-6-21(13-20)24(26,27)28)17-23-7-4-12-30(23)16-19-8-10-22(25)11-9-19/h3-13,18H,14-17H2,1-2H3. The first-order valence-electron chi connectivity index (χ1n) is 9.97. The van der Waals surface area contributed by atoms with Gasteiger partial charge in [-0.3, -0.25) is 4.90 Å². The van der Waals surface area contributed by atoms with Crippen LogP contribution in [0.5, 0.6) is 0 Å². The first-order chi connectivity index (χ1) is 14.2. The fourth-order valence-electron chi connectivity index (χ4n) is 3.57. The molecule has 1 aromatic heterocycles. The third kappa shape index (κ3) is 6.20. The van der Waals surface area contributed by atoms with Crippen molar-refractivity contribution in [3.8, 4) is 0 Å². The number of benzene rings is 2. The fourth-order valence-corrected chi connectivity index (χ4v) is 3.57. The molecule has 0 amide bonds. The Morgan fingerprint density at radius 2 is 1.63 bits per heavy atom. The smallest absolute Gasteiger partial charge is 0.346 e. The highest BCUT2D eigenvalue weighted by Crippen LogP contribution is 2.30. The molecule has 1 heterocycles. The van der Waals surface area contributed by atoms with Gasteiger partial charge in [-0.1, -0.05) is 44.2 Å². The molecule has 0 atom stereocenters. The molecule has 0 aliphatic carbocycles. The zero-order valence-electron chi connectivity index (χ0n) is 17.2. The monoisotopic (exact) mass is 418 g/mol. The van der Waals surface area contributed by atoms with Crippen LogP contribution in [-0.2, 0) is 25.8 Å². The lowest BCUT2D eigenvalue weighted by Gasteiger charge is -2.25. The lowest BCUT2D eigenvalue weighted by atomic mass is 10.1. The van der Waals surface area contributed by atoms with E-state index in [9.17, 15) is 17.6 Å². The van der Waals surface area contributed by atoms with Gasteiger partial charge in [-0.2, -0.15) is 13.2 Å². The van der Waals surface area contributed by atoms with Gasteiger partial charge < -0.3 is 4.57 Å². The maximum absolute atomic E-state index is 13.2. The van der Waals surface area contributed by atoms with E-state index in [2.05, 4.69) is 23.3 Å². The van der Waals surface area contributed by atoms with Gasteiger partial charge in [0.2, 0.25) is 0 Å². The maximum atomic E-state index is 13.2. The van der Waals surface area contributed by atoms with E-state index in [0.29, 0.717) is 31.1 Å². The SMILES string of the molecule is CC(C)CN(Cc1cccc(C(F)(F)F)c1)Cc1cccn1Cc1ccc(F)cc1. The number of halogens is 4. The minimum atomic E-state index is -4.34. The summed E-state index contributed by atoms with van der Waals surface area (Å²) in [5.74, 6) is 0.104. The lowest BCUT2D eigenvalue weighted by Crippen LogP contribution is -2.28. The van der Waals surface area contributed by atoms with Gasteiger partial charge in [0.05, 0.1) is 5.56 Å². The molecular weight excluding hydrogens is 392 g/mol. The van der Waals surface area contributed by atoms with Gasteiger partial charge in [-0.25, -0.2) is 4.39 Å². The Morgan fingerprint density at radius 1 is 0.900 bits per heavy atom. The molecular formula is C24H26F4N2. The molecule has 0 N–H and O–H groups in total. The second-order valence-electron chi connectivity index (χ2n) is 8.02. The van der Waals surface area contributed by atoms with Crippen LogP contribution in [0.2, 0.25) is 0 Å². The molecule has 6 heteroatoms. The summed E-state index contributed by atoms with van der Waals surface area (Å²) < 4.78 is 54.4. The molecule has 160 valence electrons. The van der Waals surface area contributed by atoms with Crippen molar-refractivity contribution in [1.29, 1.82) is 0 Å². The van der Waals surface area contributed by atoms with Crippen LogP contribution in [0.15, 0.2) is 66.9 Å². The zero-order valence-corrected chi connectivity index (χ0v) is 17.2. The van der Waals surface area contributed by atoms with Gasteiger partial charge in [-0.15, -0.1) is 0 Å². The lowest BCUT2D eigenvalue weighted by molar-refractivity contribution is -0.137. The van der Waals surface area contributed by atoms with Crippen molar-refractivity contribution >= 4 is 0 Å². The van der Waals surface area contributed by atoms with Gasteiger partial charge in [0, 0.05) is 38.1 Å². The Morgan fingerprint density at radius 3 is 2.30 bits per heavy atom. The Bertz CT molecular complexity index is 942. The van der Waals surface area contributed by atoms with Crippen molar-refractivity contribution in [2.45, 2.75) is 39.7 Å². The molecule has 0 bridgehead atoms. The normalized spacial score (nSPS) is 12.1. The molecule has 0 saturated heterocycles. The molecule has 0 unspecified atom stereocenters. The summed E-state index contributed by atoms with van der Waals surface area (Å²) in [5, 5.41) is 0. The largest absolute Gasteiger partial charge is 0.416 e. The third-order valence-electron chi connectivity index (χ3n) is 4.86. The Kier molecular flexibility index (Phi) is 6.98. The minimum absolute atomic E-state index is 0.268. The van der Waals surface area contributed by atoms with Crippen LogP contribution in [-0.4, -0.2) is 16.0 Å². The highest BCUT2D eigenvalue weighted by atomic mass is 19.4. The van der Waals surface area contributed by atoms with Crippen molar-refractivity contribution in [2.24, 2.45) is 5.92 Å². The molecule has 3 rings (SSSR count). The zero-order chi connectivity index (χ0) is 21.7. The first-order valence-corrected chi connectivity index (χ1v) is 9.97. The quantitative estimate of drug-likeness (QED) is 0.387. The van der Waals surface area contributed by atoms with Crippen molar-refractivity contribution in [3.63, 3.8) is 0 Å². The van der Waals surface area contributed by atoms with Crippen LogP contribution >= 0.6 is 0 Å². The second kappa shape index (κ2) is 9.47. The predicted octanol–water partition coefficient (Wildman–Crippen LogP) is 6.35. The number of rotatable bonds is 8. The number of nitrogens with zero attached hydrogens (tertiary/aromatic N) is 2. The number of hydrogen-bond acceptors (Lipinski definition) is 1. The van der Waals surface area contributed by atoms with Gasteiger partial charge in [-0.05, 0) is 47.4 Å². The van der Waals surface area contributed by atoms with Crippen molar-refractivity contribution < 1.29 is 17.6 Å². The van der Waals surface area contributed by atoms with E-state index in [-0.39, 0.29) is 5.82 Å². The first kappa shape index (κ1) is 22.1. The van der Waals surface area contributed by atoms with Crippen LogP contribution in [0, 0.1) is 11.7 Å². The average molecular weight is 418 g/mol. The summed E-state index contributed by atoms with van der Waals surface area (Å²) in [6.45, 7) is 6.61.